The maximum Gasteiger partial charge on any atom is 0.340 e. The van der Waals surface area contributed by atoms with E-state index in [2.05, 4.69) is 5.32 Å². The van der Waals surface area contributed by atoms with Crippen LogP contribution in [0.15, 0.2) is 51.7 Å². The third-order valence-electron chi connectivity index (χ3n) is 5.12. The third kappa shape index (κ3) is 5.51. The lowest BCUT2D eigenvalue weighted by Gasteiger charge is -2.13. The van der Waals surface area contributed by atoms with Crippen molar-refractivity contribution in [2.24, 2.45) is 0 Å². The molecule has 0 atom stereocenters. The van der Waals surface area contributed by atoms with Gasteiger partial charge in [0.1, 0.15) is 11.3 Å². The normalized spacial score (nSPS) is 10.8. The molecule has 0 unspecified atom stereocenters. The summed E-state index contributed by atoms with van der Waals surface area (Å²) in [7, 11) is 0. The predicted octanol–water partition coefficient (Wildman–Crippen LogP) is 2.03. The molecule has 2 aromatic carbocycles. The van der Waals surface area contributed by atoms with Gasteiger partial charge in [-0.25, -0.2) is 4.79 Å². The topological polar surface area (TPSA) is 109 Å². The van der Waals surface area contributed by atoms with Crippen LogP contribution >= 0.6 is 0 Å². The first-order valence-electron chi connectivity index (χ1n) is 10.1. The maximum absolute atomic E-state index is 12.7. The average molecular weight is 422 g/mol. The smallest absolute Gasteiger partial charge is 0.340 e. The number of carbonyl (C=O) groups is 2. The molecule has 31 heavy (non-hydrogen) atoms. The van der Waals surface area contributed by atoms with Gasteiger partial charge in [0, 0.05) is 35.4 Å². The van der Waals surface area contributed by atoms with Crippen molar-refractivity contribution in [3.8, 4) is 5.75 Å². The number of ether oxygens (including phenoxy) is 1. The Morgan fingerprint density at radius 2 is 1.81 bits per heavy atom. The molecule has 1 heterocycles. The molecule has 0 aliphatic rings. The van der Waals surface area contributed by atoms with Crippen LogP contribution in [0.25, 0.3) is 11.0 Å². The average Bonchev–Trinajstić information content (AvgIpc) is 2.75. The number of nitrogens with one attached hydrogen (secondary N) is 1. The number of carboxylic acid groups (broad SMARTS) is 1. The van der Waals surface area contributed by atoms with Gasteiger partial charge in [0.15, 0.2) is 6.61 Å². The molecule has 0 bridgehead atoms. The zero-order valence-electron chi connectivity index (χ0n) is 17.5. The highest BCUT2D eigenvalue weighted by Gasteiger charge is 2.16. The number of aliphatic carboxylic acids is 1. The monoisotopic (exact) mass is 422 g/mol. The van der Waals surface area contributed by atoms with Crippen LogP contribution in [0, 0.1) is 13.8 Å². The lowest BCUT2D eigenvalue weighted by Crippen LogP contribution is -2.31. The van der Waals surface area contributed by atoms with E-state index in [0.717, 1.165) is 16.5 Å². The second-order valence-electron chi connectivity index (χ2n) is 7.34. The van der Waals surface area contributed by atoms with Crippen LogP contribution in [0.2, 0.25) is 0 Å². The molecular weight excluding hydrogens is 398 g/mol. The first-order valence-corrected chi connectivity index (χ1v) is 10.1. The summed E-state index contributed by atoms with van der Waals surface area (Å²) in [4.78, 5) is 34.9. The Morgan fingerprint density at radius 3 is 2.52 bits per heavy atom. The molecule has 162 valence electrons. The minimum absolute atomic E-state index is 0.116. The molecule has 0 fully saturated rings. The van der Waals surface area contributed by atoms with E-state index in [0.29, 0.717) is 35.3 Å². The summed E-state index contributed by atoms with van der Waals surface area (Å²) in [5.74, 6) is -1.08. The summed E-state index contributed by atoms with van der Waals surface area (Å²) in [6, 6.07) is 13.3. The minimum atomic E-state index is -1.15. The van der Waals surface area contributed by atoms with Gasteiger partial charge in [-0.05, 0) is 49.9 Å². The van der Waals surface area contributed by atoms with Crippen LogP contribution in [0.1, 0.15) is 35.1 Å². The first-order chi connectivity index (χ1) is 14.9. The standard InChI is InChI=1S/C24H25NO6/c1-15-18-10-11-20(30-14-21(26)25-12-6-9-22(27)28)16(2)23(18)31-24(29)19(15)13-17-7-4-3-5-8-17/h3-5,7-8,10-11H,6,9,12-14H2,1-2H3,(H,25,26)(H,27,28)/p-1. The highest BCUT2D eigenvalue weighted by Crippen LogP contribution is 2.30. The fraction of sp³-hybridized carbons (Fsp3) is 0.292. The largest absolute Gasteiger partial charge is 0.550 e. The molecule has 1 amide bonds. The number of carboxylic acids is 1. The number of fused-ring (bicyclic) bond motifs is 1. The van der Waals surface area contributed by atoms with Crippen LogP contribution in [-0.2, 0) is 16.0 Å². The molecule has 0 aliphatic heterocycles. The lowest BCUT2D eigenvalue weighted by atomic mass is 9.98. The van der Waals surface area contributed by atoms with Gasteiger partial charge >= 0.3 is 5.63 Å². The Labute approximate surface area is 179 Å². The molecule has 1 aromatic heterocycles. The quantitative estimate of drug-likeness (QED) is 0.417. The number of carbonyl (C=O) groups excluding carboxylic acids is 2. The van der Waals surface area contributed by atoms with Gasteiger partial charge in [0.05, 0.1) is 0 Å². The number of benzene rings is 2. The second kappa shape index (κ2) is 9.93. The van der Waals surface area contributed by atoms with Gasteiger partial charge in [-0.15, -0.1) is 0 Å². The van der Waals surface area contributed by atoms with E-state index in [4.69, 9.17) is 9.15 Å². The van der Waals surface area contributed by atoms with Crippen LogP contribution in [0.4, 0.5) is 0 Å². The second-order valence-corrected chi connectivity index (χ2v) is 7.34. The molecule has 1 N–H and O–H groups in total. The fourth-order valence-corrected chi connectivity index (χ4v) is 3.39. The summed E-state index contributed by atoms with van der Waals surface area (Å²) in [6.07, 6.45) is 0.661. The van der Waals surface area contributed by atoms with Crippen molar-refractivity contribution in [3.05, 3.63) is 75.1 Å². The van der Waals surface area contributed by atoms with Crippen molar-refractivity contribution < 1.29 is 23.8 Å². The number of aryl methyl sites for hydroxylation is 2. The van der Waals surface area contributed by atoms with Crippen LogP contribution in [0.3, 0.4) is 0 Å². The summed E-state index contributed by atoms with van der Waals surface area (Å²) in [5, 5.41) is 13.8. The summed E-state index contributed by atoms with van der Waals surface area (Å²) >= 11 is 0. The van der Waals surface area contributed by atoms with Crippen LogP contribution in [0.5, 0.6) is 5.75 Å². The van der Waals surface area contributed by atoms with Crippen molar-refractivity contribution in [2.75, 3.05) is 13.2 Å². The van der Waals surface area contributed by atoms with E-state index in [9.17, 15) is 19.5 Å². The van der Waals surface area contributed by atoms with E-state index >= 15 is 0 Å². The van der Waals surface area contributed by atoms with Gasteiger partial charge in [-0.3, -0.25) is 4.79 Å². The van der Waals surface area contributed by atoms with Crippen LogP contribution in [-0.4, -0.2) is 25.0 Å². The van der Waals surface area contributed by atoms with Crippen molar-refractivity contribution >= 4 is 22.8 Å². The van der Waals surface area contributed by atoms with Gasteiger partial charge in [0.2, 0.25) is 0 Å². The van der Waals surface area contributed by atoms with Crippen molar-refractivity contribution in [1.82, 2.24) is 5.32 Å². The third-order valence-corrected chi connectivity index (χ3v) is 5.12. The molecule has 7 heteroatoms. The molecule has 0 saturated carbocycles. The Kier molecular flexibility index (Phi) is 7.07. The molecule has 0 spiro atoms. The maximum atomic E-state index is 12.7. The highest BCUT2D eigenvalue weighted by molar-refractivity contribution is 5.86. The van der Waals surface area contributed by atoms with Gasteiger partial charge < -0.3 is 24.4 Å². The molecule has 3 aromatic rings. The first kappa shape index (κ1) is 22.1. The number of hydrogen-bond donors (Lipinski definition) is 1. The number of rotatable bonds is 9. The van der Waals surface area contributed by atoms with Gasteiger partial charge in [0.25, 0.3) is 5.91 Å². The molecule has 7 nitrogen and oxygen atoms in total. The number of hydrogen-bond acceptors (Lipinski definition) is 6. The molecule has 0 aliphatic carbocycles. The van der Waals surface area contributed by atoms with E-state index < -0.39 is 5.97 Å². The van der Waals surface area contributed by atoms with E-state index in [1.807, 2.05) is 43.3 Å². The number of amides is 1. The lowest BCUT2D eigenvalue weighted by molar-refractivity contribution is -0.305. The van der Waals surface area contributed by atoms with Crippen molar-refractivity contribution in [1.29, 1.82) is 0 Å². The molecular formula is C24H24NO6-. The SMILES string of the molecule is Cc1c(Cc2ccccc2)c(=O)oc2c(C)c(OCC(=O)NCCCC(=O)[O-])ccc12. The van der Waals surface area contributed by atoms with Crippen molar-refractivity contribution in [2.45, 2.75) is 33.1 Å². The Balaban J connectivity index is 1.75. The molecule has 0 saturated heterocycles. The zero-order valence-corrected chi connectivity index (χ0v) is 17.5. The summed E-state index contributed by atoms with van der Waals surface area (Å²) in [5.41, 5.74) is 3.18. The fourth-order valence-electron chi connectivity index (χ4n) is 3.39. The van der Waals surface area contributed by atoms with Crippen LogP contribution < -0.4 is 20.8 Å². The van der Waals surface area contributed by atoms with Gasteiger partial charge in [-0.1, -0.05) is 30.3 Å². The molecule has 3 rings (SSSR count). The van der Waals surface area contributed by atoms with E-state index in [1.54, 1.807) is 13.0 Å². The minimum Gasteiger partial charge on any atom is -0.550 e. The Hall–Kier alpha value is -3.61. The summed E-state index contributed by atoms with van der Waals surface area (Å²) in [6.45, 7) is 3.67. The van der Waals surface area contributed by atoms with Gasteiger partial charge in [-0.2, -0.15) is 0 Å². The highest BCUT2D eigenvalue weighted by atomic mass is 16.5. The van der Waals surface area contributed by atoms with E-state index in [1.165, 1.54) is 0 Å². The molecule has 0 radical (unpaired) electrons. The van der Waals surface area contributed by atoms with Crippen molar-refractivity contribution in [3.63, 3.8) is 0 Å². The predicted molar refractivity (Wildman–Crippen MR) is 114 cm³/mol. The summed E-state index contributed by atoms with van der Waals surface area (Å²) < 4.78 is 11.2. The Bertz CT molecular complexity index is 1150. The Morgan fingerprint density at radius 1 is 1.06 bits per heavy atom. The zero-order chi connectivity index (χ0) is 22.4. The van der Waals surface area contributed by atoms with E-state index in [-0.39, 0.29) is 31.1 Å².